The minimum Gasteiger partial charge on any atom is -0.319 e. The Morgan fingerprint density at radius 3 is 2.47 bits per heavy atom. The Labute approximate surface area is 174 Å². The van der Waals surface area contributed by atoms with Crippen molar-refractivity contribution < 1.29 is 14.5 Å². The molecule has 1 aromatic heterocycles. The molecule has 2 N–H and O–H groups in total. The summed E-state index contributed by atoms with van der Waals surface area (Å²) in [6.45, 7) is 5.01. The highest BCUT2D eigenvalue weighted by Crippen LogP contribution is 2.25. The molecule has 0 saturated carbocycles. The van der Waals surface area contributed by atoms with Gasteiger partial charge in [-0.15, -0.1) is 0 Å². The SMILES string of the molecule is Cc1ccc(NC(=O)C2CCN(CC(=O)Nc3ccc(C)cc3[N+](=O)[O-])CC2)nc1. The van der Waals surface area contributed by atoms with Gasteiger partial charge in [-0.2, -0.15) is 0 Å². The van der Waals surface area contributed by atoms with Crippen molar-refractivity contribution in [3.63, 3.8) is 0 Å². The largest absolute Gasteiger partial charge is 0.319 e. The number of piperidine rings is 1. The van der Waals surface area contributed by atoms with E-state index in [1.54, 1.807) is 31.3 Å². The molecule has 30 heavy (non-hydrogen) atoms. The van der Waals surface area contributed by atoms with E-state index < -0.39 is 4.92 Å². The molecule has 158 valence electrons. The van der Waals surface area contributed by atoms with E-state index >= 15 is 0 Å². The fourth-order valence-corrected chi connectivity index (χ4v) is 3.41. The molecular formula is C21H25N5O4. The van der Waals surface area contributed by atoms with Gasteiger partial charge in [0.1, 0.15) is 11.5 Å². The van der Waals surface area contributed by atoms with Gasteiger partial charge < -0.3 is 10.6 Å². The number of anilines is 2. The van der Waals surface area contributed by atoms with Gasteiger partial charge in [-0.3, -0.25) is 24.6 Å². The number of carbonyl (C=O) groups is 2. The highest BCUT2D eigenvalue weighted by molar-refractivity contribution is 5.94. The Bertz CT molecular complexity index is 937. The summed E-state index contributed by atoms with van der Waals surface area (Å²) in [5.74, 6) is 0.0251. The highest BCUT2D eigenvalue weighted by Gasteiger charge is 2.26. The van der Waals surface area contributed by atoms with Crippen LogP contribution in [0.25, 0.3) is 0 Å². The van der Waals surface area contributed by atoms with Crippen LogP contribution in [0, 0.1) is 29.9 Å². The zero-order valence-corrected chi connectivity index (χ0v) is 17.1. The van der Waals surface area contributed by atoms with Gasteiger partial charge in [0.25, 0.3) is 5.69 Å². The van der Waals surface area contributed by atoms with Crippen LogP contribution in [0.15, 0.2) is 36.5 Å². The minimum absolute atomic E-state index is 0.0641. The van der Waals surface area contributed by atoms with E-state index in [9.17, 15) is 19.7 Å². The summed E-state index contributed by atoms with van der Waals surface area (Å²) < 4.78 is 0. The van der Waals surface area contributed by atoms with Crippen molar-refractivity contribution in [2.24, 2.45) is 5.92 Å². The van der Waals surface area contributed by atoms with Crippen LogP contribution in [0.5, 0.6) is 0 Å². The fraction of sp³-hybridized carbons (Fsp3) is 0.381. The van der Waals surface area contributed by atoms with Crippen LogP contribution in [-0.4, -0.2) is 46.3 Å². The van der Waals surface area contributed by atoms with Crippen LogP contribution in [-0.2, 0) is 9.59 Å². The molecule has 2 aromatic rings. The zero-order valence-electron chi connectivity index (χ0n) is 17.1. The Morgan fingerprint density at radius 1 is 1.13 bits per heavy atom. The Morgan fingerprint density at radius 2 is 1.83 bits per heavy atom. The lowest BCUT2D eigenvalue weighted by atomic mass is 9.96. The monoisotopic (exact) mass is 411 g/mol. The minimum atomic E-state index is -0.504. The quantitative estimate of drug-likeness (QED) is 0.557. The molecule has 1 saturated heterocycles. The number of nitro groups is 1. The first-order valence-electron chi connectivity index (χ1n) is 9.82. The second-order valence-electron chi connectivity index (χ2n) is 7.59. The van der Waals surface area contributed by atoms with Gasteiger partial charge in [-0.05, 0) is 63.0 Å². The Balaban J connectivity index is 1.48. The molecule has 1 aliphatic heterocycles. The van der Waals surface area contributed by atoms with Gasteiger partial charge in [0, 0.05) is 18.2 Å². The zero-order chi connectivity index (χ0) is 21.7. The summed E-state index contributed by atoms with van der Waals surface area (Å²) >= 11 is 0. The Kier molecular flexibility index (Phi) is 6.73. The van der Waals surface area contributed by atoms with Crippen LogP contribution in [0.2, 0.25) is 0 Å². The lowest BCUT2D eigenvalue weighted by molar-refractivity contribution is -0.384. The second-order valence-corrected chi connectivity index (χ2v) is 7.59. The molecule has 1 fully saturated rings. The van der Waals surface area contributed by atoms with E-state index in [-0.39, 0.29) is 35.7 Å². The third-order valence-corrected chi connectivity index (χ3v) is 5.11. The molecule has 0 bridgehead atoms. The predicted octanol–water partition coefficient (Wildman–Crippen LogP) is 2.90. The van der Waals surface area contributed by atoms with E-state index in [4.69, 9.17) is 0 Å². The molecular weight excluding hydrogens is 386 g/mol. The lowest BCUT2D eigenvalue weighted by Gasteiger charge is -2.30. The number of hydrogen-bond donors (Lipinski definition) is 2. The standard InChI is InChI=1S/C21H25N5O4/c1-14-3-5-17(18(11-14)26(29)30)23-20(27)13-25-9-7-16(8-10-25)21(28)24-19-6-4-15(2)12-22-19/h3-6,11-12,16H,7-10,13H2,1-2H3,(H,23,27)(H,22,24,28). The lowest BCUT2D eigenvalue weighted by Crippen LogP contribution is -2.41. The third kappa shape index (κ3) is 5.60. The topological polar surface area (TPSA) is 117 Å². The maximum absolute atomic E-state index is 12.4. The van der Waals surface area contributed by atoms with Crippen molar-refractivity contribution >= 4 is 29.0 Å². The molecule has 2 heterocycles. The number of likely N-dealkylation sites (tertiary alicyclic amines) is 1. The van der Waals surface area contributed by atoms with Crippen molar-refractivity contribution in [3.8, 4) is 0 Å². The van der Waals surface area contributed by atoms with Crippen LogP contribution >= 0.6 is 0 Å². The summed E-state index contributed by atoms with van der Waals surface area (Å²) in [5, 5.41) is 16.7. The maximum Gasteiger partial charge on any atom is 0.293 e. The van der Waals surface area contributed by atoms with Gasteiger partial charge in [0.15, 0.2) is 0 Å². The summed E-state index contributed by atoms with van der Waals surface area (Å²) in [6.07, 6.45) is 2.97. The molecule has 0 radical (unpaired) electrons. The van der Waals surface area contributed by atoms with Crippen molar-refractivity contribution in [1.82, 2.24) is 9.88 Å². The van der Waals surface area contributed by atoms with Crippen LogP contribution in [0.1, 0.15) is 24.0 Å². The van der Waals surface area contributed by atoms with Gasteiger partial charge in [0.2, 0.25) is 11.8 Å². The summed E-state index contributed by atoms with van der Waals surface area (Å²) in [5.41, 5.74) is 1.84. The van der Waals surface area contributed by atoms with Crippen LogP contribution in [0.3, 0.4) is 0 Å². The molecule has 9 heteroatoms. The Hall–Kier alpha value is -3.33. The van der Waals surface area contributed by atoms with Gasteiger partial charge >= 0.3 is 0 Å². The first kappa shape index (κ1) is 21.4. The van der Waals surface area contributed by atoms with Crippen LogP contribution in [0.4, 0.5) is 17.2 Å². The number of pyridine rings is 1. The van der Waals surface area contributed by atoms with Crippen molar-refractivity contribution in [2.45, 2.75) is 26.7 Å². The number of carbonyl (C=O) groups excluding carboxylic acids is 2. The highest BCUT2D eigenvalue weighted by atomic mass is 16.6. The number of nitro benzene ring substituents is 1. The third-order valence-electron chi connectivity index (χ3n) is 5.11. The maximum atomic E-state index is 12.4. The number of nitrogens with zero attached hydrogens (tertiary/aromatic N) is 3. The van der Waals surface area contributed by atoms with Crippen molar-refractivity contribution in [3.05, 3.63) is 57.8 Å². The van der Waals surface area contributed by atoms with Crippen molar-refractivity contribution in [1.29, 1.82) is 0 Å². The molecule has 1 aliphatic rings. The first-order chi connectivity index (χ1) is 14.3. The molecule has 1 aromatic carbocycles. The summed E-state index contributed by atoms with van der Waals surface area (Å²) in [7, 11) is 0. The smallest absolute Gasteiger partial charge is 0.293 e. The number of rotatable bonds is 6. The molecule has 0 spiro atoms. The molecule has 0 unspecified atom stereocenters. The normalized spacial score (nSPS) is 14.9. The summed E-state index contributed by atoms with van der Waals surface area (Å²) in [6, 6.07) is 8.36. The van der Waals surface area contributed by atoms with Crippen molar-refractivity contribution in [2.75, 3.05) is 30.3 Å². The number of aryl methyl sites for hydroxylation is 2. The van der Waals surface area contributed by atoms with E-state index in [2.05, 4.69) is 15.6 Å². The van der Waals surface area contributed by atoms with E-state index in [1.165, 1.54) is 6.07 Å². The van der Waals surface area contributed by atoms with E-state index in [0.29, 0.717) is 31.7 Å². The number of aromatic nitrogens is 1. The number of amides is 2. The molecule has 0 aliphatic carbocycles. The molecule has 2 amide bonds. The van der Waals surface area contributed by atoms with Gasteiger partial charge in [-0.25, -0.2) is 4.98 Å². The summed E-state index contributed by atoms with van der Waals surface area (Å²) in [4.78, 5) is 41.6. The van der Waals surface area contributed by atoms with Crippen LogP contribution < -0.4 is 10.6 Å². The van der Waals surface area contributed by atoms with Gasteiger partial charge in [0.05, 0.1) is 11.5 Å². The first-order valence-corrected chi connectivity index (χ1v) is 9.82. The molecule has 0 atom stereocenters. The van der Waals surface area contributed by atoms with E-state index in [0.717, 1.165) is 11.1 Å². The van der Waals surface area contributed by atoms with Gasteiger partial charge in [-0.1, -0.05) is 12.1 Å². The molecule has 9 nitrogen and oxygen atoms in total. The number of hydrogen-bond acceptors (Lipinski definition) is 6. The second kappa shape index (κ2) is 9.45. The fourth-order valence-electron chi connectivity index (χ4n) is 3.41. The average molecular weight is 411 g/mol. The number of benzene rings is 1. The number of nitrogens with one attached hydrogen (secondary N) is 2. The predicted molar refractivity (Wildman–Crippen MR) is 113 cm³/mol. The average Bonchev–Trinajstić information content (AvgIpc) is 2.71. The molecule has 3 rings (SSSR count). The van der Waals surface area contributed by atoms with E-state index in [1.807, 2.05) is 17.9 Å².